The maximum absolute atomic E-state index is 13.6. The number of aryl methyl sites for hydroxylation is 1. The van der Waals surface area contributed by atoms with E-state index in [-0.39, 0.29) is 11.9 Å². The Bertz CT molecular complexity index is 1340. The second-order valence-corrected chi connectivity index (χ2v) is 10.2. The van der Waals surface area contributed by atoms with Crippen molar-refractivity contribution in [3.8, 4) is 11.4 Å². The number of anilines is 1. The lowest BCUT2D eigenvalue weighted by Gasteiger charge is -2.33. The smallest absolute Gasteiger partial charge is 0.250 e. The number of benzene rings is 2. The highest BCUT2D eigenvalue weighted by molar-refractivity contribution is 5.99. The number of ether oxygens (including phenoxy) is 2. The fourth-order valence-corrected chi connectivity index (χ4v) is 5.89. The third kappa shape index (κ3) is 5.74. The van der Waals surface area contributed by atoms with Gasteiger partial charge < -0.3 is 23.8 Å². The summed E-state index contributed by atoms with van der Waals surface area (Å²) in [5.74, 6) is 0.930. The van der Waals surface area contributed by atoms with Gasteiger partial charge in [0.15, 0.2) is 0 Å². The Labute approximate surface area is 232 Å². The van der Waals surface area contributed by atoms with Crippen molar-refractivity contribution in [1.29, 1.82) is 0 Å². The molecular formula is C32H40N4O3. The summed E-state index contributed by atoms with van der Waals surface area (Å²) in [5, 5.41) is 0. The van der Waals surface area contributed by atoms with E-state index in [0.717, 1.165) is 86.8 Å². The van der Waals surface area contributed by atoms with E-state index in [0.29, 0.717) is 0 Å². The zero-order chi connectivity index (χ0) is 27.4. The number of fused-ring (bicyclic) bond motifs is 1. The van der Waals surface area contributed by atoms with E-state index >= 15 is 0 Å². The normalized spacial score (nSPS) is 20.1. The van der Waals surface area contributed by atoms with Crippen molar-refractivity contribution in [2.75, 3.05) is 44.9 Å². The molecule has 2 aliphatic heterocycles. The number of amides is 1. The molecule has 3 heterocycles. The zero-order valence-electron chi connectivity index (χ0n) is 23.7. The first kappa shape index (κ1) is 27.0. The molecule has 0 N–H and O–H groups in total. The molecule has 0 spiro atoms. The summed E-state index contributed by atoms with van der Waals surface area (Å²) < 4.78 is 13.1. The van der Waals surface area contributed by atoms with E-state index in [1.165, 1.54) is 16.8 Å². The molecule has 1 atom stereocenters. The molecule has 7 nitrogen and oxygen atoms in total. The van der Waals surface area contributed by atoms with E-state index in [1.807, 2.05) is 55.8 Å². The summed E-state index contributed by atoms with van der Waals surface area (Å²) in [4.78, 5) is 22.5. The monoisotopic (exact) mass is 528 g/mol. The summed E-state index contributed by atoms with van der Waals surface area (Å²) >= 11 is 0. The van der Waals surface area contributed by atoms with Crippen molar-refractivity contribution in [2.45, 2.75) is 52.5 Å². The summed E-state index contributed by atoms with van der Waals surface area (Å²) in [6.45, 7) is 10.2. The maximum Gasteiger partial charge on any atom is 0.250 e. The summed E-state index contributed by atoms with van der Waals surface area (Å²) in [7, 11) is 1.68. The molecule has 1 aromatic heterocycles. The molecule has 1 aliphatic carbocycles. The predicted octanol–water partition coefficient (Wildman–Crippen LogP) is 5.23. The fourth-order valence-electron chi connectivity index (χ4n) is 5.89. The number of methoxy groups -OCH3 is 1. The SMILES string of the molecule is CC.COc1cc(/C=C2\CCCN([C@@H]3Cc4ccc(N5CCOCC5)cc4C3)C2=O)ccc1-n1cnc(C)c1. The topological polar surface area (TPSA) is 59.8 Å². The number of piperidine rings is 1. The number of imidazole rings is 1. The lowest BCUT2D eigenvalue weighted by atomic mass is 9.98. The highest BCUT2D eigenvalue weighted by Gasteiger charge is 2.33. The zero-order valence-corrected chi connectivity index (χ0v) is 23.7. The van der Waals surface area contributed by atoms with Gasteiger partial charge in [-0.1, -0.05) is 26.0 Å². The summed E-state index contributed by atoms with van der Waals surface area (Å²) in [6, 6.07) is 13.1. The molecule has 0 saturated carbocycles. The van der Waals surface area contributed by atoms with Gasteiger partial charge in [0.05, 0.1) is 38.0 Å². The van der Waals surface area contributed by atoms with Gasteiger partial charge in [-0.15, -0.1) is 0 Å². The average molecular weight is 529 g/mol. The van der Waals surface area contributed by atoms with Gasteiger partial charge in [0.25, 0.3) is 0 Å². The fraction of sp³-hybridized carbons (Fsp3) is 0.438. The van der Waals surface area contributed by atoms with Crippen molar-refractivity contribution in [3.05, 3.63) is 76.9 Å². The van der Waals surface area contributed by atoms with Crippen molar-refractivity contribution in [2.24, 2.45) is 0 Å². The number of aromatic nitrogens is 2. The van der Waals surface area contributed by atoms with Gasteiger partial charge in [-0.3, -0.25) is 4.79 Å². The van der Waals surface area contributed by atoms with Crippen molar-refractivity contribution in [3.63, 3.8) is 0 Å². The van der Waals surface area contributed by atoms with Gasteiger partial charge in [0.1, 0.15) is 5.75 Å². The quantitative estimate of drug-likeness (QED) is 0.425. The Morgan fingerprint density at radius 1 is 1.03 bits per heavy atom. The standard InChI is InChI=1S/C30H34N4O3.C2H6/c1-21-19-33(20-31-21)28-8-5-22(15-29(28)36-2)14-24-4-3-9-34(30(24)35)27-16-23-6-7-26(17-25(23)18-27)32-10-12-37-13-11-32;1-2/h5-8,14-15,17,19-20,27H,3-4,9-13,16,18H2,1-2H3;1-2H3/b24-14+;/t27-;/m1./s1. The van der Waals surface area contributed by atoms with Gasteiger partial charge in [-0.05, 0) is 79.6 Å². The first-order valence-corrected chi connectivity index (χ1v) is 14.2. The Balaban J connectivity index is 0.00000151. The van der Waals surface area contributed by atoms with Crippen molar-refractivity contribution in [1.82, 2.24) is 14.5 Å². The van der Waals surface area contributed by atoms with Gasteiger partial charge in [0.2, 0.25) is 5.91 Å². The van der Waals surface area contributed by atoms with Crippen LogP contribution in [0.3, 0.4) is 0 Å². The Morgan fingerprint density at radius 3 is 2.56 bits per heavy atom. The Kier molecular flexibility index (Phi) is 8.36. The molecule has 1 amide bonds. The summed E-state index contributed by atoms with van der Waals surface area (Å²) in [5.41, 5.74) is 7.77. The van der Waals surface area contributed by atoms with Crippen LogP contribution in [-0.4, -0.2) is 66.4 Å². The maximum atomic E-state index is 13.6. The number of carbonyl (C=O) groups is 1. The minimum atomic E-state index is 0.172. The highest BCUT2D eigenvalue weighted by atomic mass is 16.5. The molecule has 0 radical (unpaired) electrons. The Hall–Kier alpha value is -3.58. The lowest BCUT2D eigenvalue weighted by Crippen LogP contribution is -2.44. The number of hydrogen-bond acceptors (Lipinski definition) is 5. The molecule has 2 fully saturated rings. The molecular weight excluding hydrogens is 488 g/mol. The molecule has 39 heavy (non-hydrogen) atoms. The Morgan fingerprint density at radius 2 is 1.82 bits per heavy atom. The van der Waals surface area contributed by atoms with Crippen LogP contribution in [0.1, 0.15) is 49.1 Å². The van der Waals surface area contributed by atoms with E-state index in [2.05, 4.69) is 33.0 Å². The average Bonchev–Trinajstić information content (AvgIpc) is 3.61. The third-order valence-electron chi connectivity index (χ3n) is 7.83. The van der Waals surface area contributed by atoms with E-state index in [1.54, 1.807) is 13.4 Å². The third-order valence-corrected chi connectivity index (χ3v) is 7.83. The molecule has 206 valence electrons. The number of rotatable bonds is 5. The highest BCUT2D eigenvalue weighted by Crippen LogP contribution is 2.33. The van der Waals surface area contributed by atoms with Crippen LogP contribution in [0.5, 0.6) is 5.75 Å². The molecule has 2 aromatic carbocycles. The number of morpholine rings is 1. The molecule has 2 saturated heterocycles. The van der Waals surface area contributed by atoms with Gasteiger partial charge in [0, 0.05) is 43.1 Å². The summed E-state index contributed by atoms with van der Waals surface area (Å²) in [6.07, 6.45) is 9.47. The van der Waals surface area contributed by atoms with Gasteiger partial charge in [-0.25, -0.2) is 4.98 Å². The lowest BCUT2D eigenvalue weighted by molar-refractivity contribution is -0.130. The predicted molar refractivity (Wildman–Crippen MR) is 156 cm³/mol. The van der Waals surface area contributed by atoms with E-state index in [9.17, 15) is 4.79 Å². The molecule has 6 rings (SSSR count). The van der Waals surface area contributed by atoms with Crippen LogP contribution >= 0.6 is 0 Å². The minimum absolute atomic E-state index is 0.172. The van der Waals surface area contributed by atoms with Crippen LogP contribution in [0.25, 0.3) is 11.8 Å². The van der Waals surface area contributed by atoms with E-state index < -0.39 is 0 Å². The molecule has 0 bridgehead atoms. The number of hydrogen-bond donors (Lipinski definition) is 0. The largest absolute Gasteiger partial charge is 0.495 e. The first-order chi connectivity index (χ1) is 19.1. The van der Waals surface area contributed by atoms with Crippen LogP contribution in [0.15, 0.2) is 54.5 Å². The second kappa shape index (κ2) is 12.1. The van der Waals surface area contributed by atoms with Crippen LogP contribution in [0.2, 0.25) is 0 Å². The second-order valence-electron chi connectivity index (χ2n) is 10.2. The van der Waals surface area contributed by atoms with Crippen LogP contribution in [-0.2, 0) is 22.4 Å². The first-order valence-electron chi connectivity index (χ1n) is 14.2. The number of likely N-dealkylation sites (tertiary alicyclic amines) is 1. The van der Waals surface area contributed by atoms with Crippen molar-refractivity contribution < 1.29 is 14.3 Å². The molecule has 3 aromatic rings. The van der Waals surface area contributed by atoms with Gasteiger partial charge in [-0.2, -0.15) is 0 Å². The molecule has 0 unspecified atom stereocenters. The number of carbonyl (C=O) groups excluding carboxylic acids is 1. The van der Waals surface area contributed by atoms with Crippen molar-refractivity contribution >= 4 is 17.7 Å². The van der Waals surface area contributed by atoms with Crippen LogP contribution in [0.4, 0.5) is 5.69 Å². The number of nitrogens with zero attached hydrogens (tertiary/aromatic N) is 4. The van der Waals surface area contributed by atoms with Crippen LogP contribution in [0, 0.1) is 6.92 Å². The molecule has 7 heteroatoms. The molecule has 3 aliphatic rings. The van der Waals surface area contributed by atoms with Gasteiger partial charge >= 0.3 is 0 Å². The van der Waals surface area contributed by atoms with Crippen LogP contribution < -0.4 is 9.64 Å². The minimum Gasteiger partial charge on any atom is -0.495 e. The van der Waals surface area contributed by atoms with E-state index in [4.69, 9.17) is 9.47 Å².